The minimum Gasteiger partial charge on any atom is -0.374 e. The maximum absolute atomic E-state index is 12.8. The number of fused-ring (bicyclic) bond motifs is 1. The summed E-state index contributed by atoms with van der Waals surface area (Å²) in [4.78, 5) is 11.6. The van der Waals surface area contributed by atoms with Crippen LogP contribution in [0.2, 0.25) is 0 Å². The van der Waals surface area contributed by atoms with E-state index in [9.17, 15) is 18.0 Å². The highest BCUT2D eigenvalue weighted by Gasteiger charge is 2.45. The number of Topliss-reactive ketones (excluding diaryl/α,β-unsaturated/α-hetero) is 1. The molecule has 2 aliphatic rings. The van der Waals surface area contributed by atoms with Crippen LogP contribution in [0.4, 0.5) is 18.9 Å². The molecule has 2 heterocycles. The van der Waals surface area contributed by atoms with Crippen molar-refractivity contribution < 1.29 is 18.0 Å². The Morgan fingerprint density at radius 2 is 1.93 bits per heavy atom. The maximum atomic E-state index is 12.8. The van der Waals surface area contributed by atoms with E-state index in [1.165, 1.54) is 5.56 Å². The molecule has 0 saturated carbocycles. The van der Waals surface area contributed by atoms with Crippen molar-refractivity contribution in [2.24, 2.45) is 0 Å². The van der Waals surface area contributed by atoms with Gasteiger partial charge >= 0.3 is 6.18 Å². The number of hydrogen-bond donors (Lipinski definition) is 2. The predicted octanol–water partition coefficient (Wildman–Crippen LogP) is 3.63. The SMILES string of the molecule is O=C(C1Cc2cc(C3(Cc4ccccc4)CCNC3)ccc2N1)C(F)(F)F. The first-order valence-corrected chi connectivity index (χ1v) is 9.13. The predicted molar refractivity (Wildman–Crippen MR) is 97.9 cm³/mol. The second-order valence-electron chi connectivity index (χ2n) is 7.50. The van der Waals surface area contributed by atoms with Crippen LogP contribution in [0.15, 0.2) is 48.5 Å². The molecule has 6 heteroatoms. The number of ketones is 1. The molecule has 0 aromatic heterocycles. The van der Waals surface area contributed by atoms with Crippen LogP contribution < -0.4 is 10.6 Å². The number of rotatable bonds is 4. The molecule has 27 heavy (non-hydrogen) atoms. The van der Waals surface area contributed by atoms with E-state index in [-0.39, 0.29) is 11.8 Å². The van der Waals surface area contributed by atoms with Gasteiger partial charge in [0.15, 0.2) is 0 Å². The first-order chi connectivity index (χ1) is 12.9. The molecule has 0 amide bonds. The topological polar surface area (TPSA) is 41.1 Å². The van der Waals surface area contributed by atoms with Crippen molar-refractivity contribution in [3.8, 4) is 0 Å². The fourth-order valence-electron chi connectivity index (χ4n) is 4.28. The molecule has 0 bridgehead atoms. The van der Waals surface area contributed by atoms with E-state index >= 15 is 0 Å². The average Bonchev–Trinajstić information content (AvgIpc) is 3.28. The summed E-state index contributed by atoms with van der Waals surface area (Å²) >= 11 is 0. The van der Waals surface area contributed by atoms with Crippen molar-refractivity contribution >= 4 is 11.5 Å². The molecule has 0 radical (unpaired) electrons. The number of alkyl halides is 3. The first kappa shape index (κ1) is 18.0. The molecule has 0 aliphatic carbocycles. The van der Waals surface area contributed by atoms with Crippen LogP contribution in [-0.2, 0) is 23.1 Å². The summed E-state index contributed by atoms with van der Waals surface area (Å²) in [6.07, 6.45) is -2.89. The van der Waals surface area contributed by atoms with Gasteiger partial charge in [0.25, 0.3) is 5.78 Å². The lowest BCUT2D eigenvalue weighted by Crippen LogP contribution is -2.38. The summed E-state index contributed by atoms with van der Waals surface area (Å²) in [5.74, 6) is -1.71. The zero-order valence-electron chi connectivity index (χ0n) is 14.8. The highest BCUT2D eigenvalue weighted by Crippen LogP contribution is 2.38. The second-order valence-corrected chi connectivity index (χ2v) is 7.50. The fraction of sp³-hybridized carbons (Fsp3) is 0.381. The van der Waals surface area contributed by atoms with Gasteiger partial charge in [-0.05, 0) is 42.1 Å². The van der Waals surface area contributed by atoms with Crippen LogP contribution in [-0.4, -0.2) is 31.1 Å². The highest BCUT2D eigenvalue weighted by molar-refractivity contribution is 5.93. The summed E-state index contributed by atoms with van der Waals surface area (Å²) in [6.45, 7) is 1.75. The second kappa shape index (κ2) is 6.68. The van der Waals surface area contributed by atoms with Crippen molar-refractivity contribution in [2.75, 3.05) is 18.4 Å². The van der Waals surface area contributed by atoms with E-state index in [4.69, 9.17) is 0 Å². The lowest BCUT2D eigenvalue weighted by Gasteiger charge is -2.30. The Hall–Kier alpha value is -2.34. The lowest BCUT2D eigenvalue weighted by atomic mass is 9.74. The third-order valence-corrected chi connectivity index (χ3v) is 5.70. The zero-order chi connectivity index (χ0) is 19.1. The van der Waals surface area contributed by atoms with Gasteiger partial charge in [0.05, 0.1) is 6.04 Å². The highest BCUT2D eigenvalue weighted by atomic mass is 19.4. The van der Waals surface area contributed by atoms with Crippen LogP contribution in [0.1, 0.15) is 23.1 Å². The van der Waals surface area contributed by atoms with Crippen molar-refractivity contribution in [3.05, 3.63) is 65.2 Å². The normalized spacial score (nSPS) is 24.5. The van der Waals surface area contributed by atoms with Gasteiger partial charge in [-0.1, -0.05) is 42.5 Å². The maximum Gasteiger partial charge on any atom is 0.452 e. The summed E-state index contributed by atoms with van der Waals surface area (Å²) in [6, 6.07) is 14.8. The summed E-state index contributed by atoms with van der Waals surface area (Å²) in [7, 11) is 0. The van der Waals surface area contributed by atoms with Gasteiger partial charge in [-0.2, -0.15) is 13.2 Å². The zero-order valence-corrected chi connectivity index (χ0v) is 14.8. The largest absolute Gasteiger partial charge is 0.452 e. The van der Waals surface area contributed by atoms with E-state index in [2.05, 4.69) is 22.8 Å². The molecule has 2 N–H and O–H groups in total. The Labute approximate surface area is 156 Å². The molecule has 2 aromatic carbocycles. The Bertz CT molecular complexity index is 842. The molecular weight excluding hydrogens is 353 g/mol. The summed E-state index contributed by atoms with van der Waals surface area (Å²) in [5, 5.41) is 6.16. The number of halogens is 3. The number of hydrogen-bond acceptors (Lipinski definition) is 3. The molecule has 142 valence electrons. The van der Waals surface area contributed by atoms with Crippen LogP contribution in [0.3, 0.4) is 0 Å². The standard InChI is InChI=1S/C21H21F3N2O/c22-21(23,24)19(27)18-11-15-10-16(6-7-17(15)26-18)20(8-9-25-13-20)12-14-4-2-1-3-5-14/h1-7,10,18,25-26H,8-9,11-13H2. The smallest absolute Gasteiger partial charge is 0.374 e. The van der Waals surface area contributed by atoms with Crippen LogP contribution in [0.25, 0.3) is 0 Å². The van der Waals surface area contributed by atoms with Crippen molar-refractivity contribution in [1.82, 2.24) is 5.32 Å². The van der Waals surface area contributed by atoms with Gasteiger partial charge in [0, 0.05) is 24.1 Å². The first-order valence-electron chi connectivity index (χ1n) is 9.13. The molecule has 2 unspecified atom stereocenters. The Balaban J connectivity index is 1.61. The molecule has 2 aromatic rings. The van der Waals surface area contributed by atoms with Crippen LogP contribution in [0, 0.1) is 0 Å². The van der Waals surface area contributed by atoms with E-state index < -0.39 is 18.0 Å². The number of carbonyl (C=O) groups excluding carboxylic acids is 1. The molecular formula is C21H21F3N2O. The van der Waals surface area contributed by atoms with E-state index in [0.29, 0.717) is 5.69 Å². The Morgan fingerprint density at radius 3 is 2.59 bits per heavy atom. The fourth-order valence-corrected chi connectivity index (χ4v) is 4.28. The Morgan fingerprint density at radius 1 is 1.15 bits per heavy atom. The van der Waals surface area contributed by atoms with Gasteiger partial charge < -0.3 is 10.6 Å². The number of nitrogens with one attached hydrogen (secondary N) is 2. The van der Waals surface area contributed by atoms with Crippen LogP contribution in [0.5, 0.6) is 0 Å². The monoisotopic (exact) mass is 374 g/mol. The van der Waals surface area contributed by atoms with Gasteiger partial charge in [-0.25, -0.2) is 0 Å². The number of anilines is 1. The van der Waals surface area contributed by atoms with Crippen molar-refractivity contribution in [2.45, 2.75) is 36.9 Å². The molecule has 2 atom stereocenters. The number of benzene rings is 2. The molecule has 2 aliphatic heterocycles. The minimum atomic E-state index is -4.81. The third kappa shape index (κ3) is 3.46. The van der Waals surface area contributed by atoms with Gasteiger partial charge in [0.1, 0.15) is 0 Å². The van der Waals surface area contributed by atoms with E-state index in [0.717, 1.165) is 37.1 Å². The van der Waals surface area contributed by atoms with E-state index in [1.807, 2.05) is 36.4 Å². The van der Waals surface area contributed by atoms with Crippen molar-refractivity contribution in [1.29, 1.82) is 0 Å². The average molecular weight is 374 g/mol. The molecule has 0 spiro atoms. The lowest BCUT2D eigenvalue weighted by molar-refractivity contribution is -0.171. The molecule has 1 saturated heterocycles. The van der Waals surface area contributed by atoms with Gasteiger partial charge in [-0.3, -0.25) is 4.79 Å². The molecule has 3 nitrogen and oxygen atoms in total. The van der Waals surface area contributed by atoms with Crippen LogP contribution >= 0.6 is 0 Å². The van der Waals surface area contributed by atoms with Gasteiger partial charge in [-0.15, -0.1) is 0 Å². The van der Waals surface area contributed by atoms with E-state index in [1.54, 1.807) is 0 Å². The minimum absolute atomic E-state index is 0.0797. The van der Waals surface area contributed by atoms with Gasteiger partial charge in [0.2, 0.25) is 0 Å². The number of carbonyl (C=O) groups is 1. The third-order valence-electron chi connectivity index (χ3n) is 5.70. The molecule has 4 rings (SSSR count). The van der Waals surface area contributed by atoms with Crippen molar-refractivity contribution in [3.63, 3.8) is 0 Å². The summed E-state index contributed by atoms with van der Waals surface area (Å²) < 4.78 is 38.3. The quantitative estimate of drug-likeness (QED) is 0.859. The molecule has 1 fully saturated rings. The summed E-state index contributed by atoms with van der Waals surface area (Å²) in [5.41, 5.74) is 3.70. The Kier molecular flexibility index (Phi) is 4.46.